The Kier molecular flexibility index (Phi) is 4.67. The van der Waals surface area contributed by atoms with Crippen molar-refractivity contribution in [2.24, 2.45) is 0 Å². The van der Waals surface area contributed by atoms with Crippen LogP contribution in [0.5, 0.6) is 5.75 Å². The fourth-order valence-electron chi connectivity index (χ4n) is 1.80. The molecule has 1 heterocycles. The monoisotopic (exact) mass is 324 g/mol. The van der Waals surface area contributed by atoms with Crippen LogP contribution < -0.4 is 21.0 Å². The lowest BCUT2D eigenvalue weighted by Crippen LogP contribution is -2.39. The topological polar surface area (TPSA) is 97.6 Å². The SMILES string of the molecule is CNC(=O)NC(=O)COc1cc2oc(=O)cc(C)c2cc1Cl. The molecule has 2 rings (SSSR count). The van der Waals surface area contributed by atoms with E-state index in [1.54, 1.807) is 13.0 Å². The maximum Gasteiger partial charge on any atom is 0.336 e. The van der Waals surface area contributed by atoms with Crippen LogP contribution in [-0.4, -0.2) is 25.6 Å². The Bertz CT molecular complexity index is 800. The van der Waals surface area contributed by atoms with Crippen molar-refractivity contribution in [2.75, 3.05) is 13.7 Å². The predicted molar refractivity (Wildman–Crippen MR) is 80.3 cm³/mol. The van der Waals surface area contributed by atoms with E-state index in [2.05, 4.69) is 5.32 Å². The van der Waals surface area contributed by atoms with Crippen molar-refractivity contribution in [1.82, 2.24) is 10.6 Å². The lowest BCUT2D eigenvalue weighted by Gasteiger charge is -2.09. The van der Waals surface area contributed by atoms with Gasteiger partial charge in [0.05, 0.1) is 5.02 Å². The Morgan fingerprint density at radius 3 is 2.73 bits per heavy atom. The first kappa shape index (κ1) is 15.8. The largest absolute Gasteiger partial charge is 0.482 e. The number of imide groups is 1. The normalized spacial score (nSPS) is 10.3. The van der Waals surface area contributed by atoms with Gasteiger partial charge in [0.25, 0.3) is 5.91 Å². The van der Waals surface area contributed by atoms with Crippen LogP contribution in [0.3, 0.4) is 0 Å². The Hall–Kier alpha value is -2.54. The average molecular weight is 325 g/mol. The number of benzene rings is 1. The second-order valence-corrected chi connectivity index (χ2v) is 4.85. The Morgan fingerprint density at radius 1 is 1.32 bits per heavy atom. The number of amides is 3. The summed E-state index contributed by atoms with van der Waals surface area (Å²) >= 11 is 6.08. The van der Waals surface area contributed by atoms with Crippen molar-refractivity contribution in [3.8, 4) is 5.75 Å². The molecule has 0 spiro atoms. The van der Waals surface area contributed by atoms with Crippen LogP contribution >= 0.6 is 11.6 Å². The average Bonchev–Trinajstić information content (AvgIpc) is 2.45. The summed E-state index contributed by atoms with van der Waals surface area (Å²) in [6.45, 7) is 1.35. The highest BCUT2D eigenvalue weighted by Crippen LogP contribution is 2.30. The van der Waals surface area contributed by atoms with Crippen molar-refractivity contribution in [3.63, 3.8) is 0 Å². The number of hydrogen-bond donors (Lipinski definition) is 2. The second-order valence-electron chi connectivity index (χ2n) is 4.44. The molecule has 7 nitrogen and oxygen atoms in total. The van der Waals surface area contributed by atoms with E-state index < -0.39 is 24.2 Å². The number of carbonyl (C=O) groups excluding carboxylic acids is 2. The van der Waals surface area contributed by atoms with Crippen LogP contribution in [0.1, 0.15) is 5.56 Å². The summed E-state index contributed by atoms with van der Waals surface area (Å²) in [6, 6.07) is 3.73. The first-order valence-corrected chi connectivity index (χ1v) is 6.67. The first-order chi connectivity index (χ1) is 10.4. The van der Waals surface area contributed by atoms with E-state index in [0.29, 0.717) is 11.0 Å². The van der Waals surface area contributed by atoms with Gasteiger partial charge in [-0.15, -0.1) is 0 Å². The third kappa shape index (κ3) is 3.56. The van der Waals surface area contributed by atoms with E-state index in [-0.39, 0.29) is 10.8 Å². The van der Waals surface area contributed by atoms with Crippen molar-refractivity contribution >= 4 is 34.5 Å². The summed E-state index contributed by atoms with van der Waals surface area (Å²) in [4.78, 5) is 33.8. The summed E-state index contributed by atoms with van der Waals surface area (Å²) in [5.74, 6) is -0.462. The number of carbonyl (C=O) groups is 2. The molecule has 0 fully saturated rings. The highest BCUT2D eigenvalue weighted by molar-refractivity contribution is 6.32. The number of nitrogens with one attached hydrogen (secondary N) is 2. The number of halogens is 1. The highest BCUT2D eigenvalue weighted by Gasteiger charge is 2.12. The van der Waals surface area contributed by atoms with Gasteiger partial charge in [0.15, 0.2) is 6.61 Å². The van der Waals surface area contributed by atoms with Gasteiger partial charge in [-0.25, -0.2) is 9.59 Å². The third-order valence-electron chi connectivity index (χ3n) is 2.84. The Balaban J connectivity index is 2.21. The van der Waals surface area contributed by atoms with Crippen LogP contribution in [0.2, 0.25) is 5.02 Å². The van der Waals surface area contributed by atoms with Gasteiger partial charge in [-0.05, 0) is 18.6 Å². The zero-order chi connectivity index (χ0) is 16.3. The van der Waals surface area contributed by atoms with Gasteiger partial charge in [0, 0.05) is 24.6 Å². The summed E-state index contributed by atoms with van der Waals surface area (Å²) in [5.41, 5.74) is 0.531. The summed E-state index contributed by atoms with van der Waals surface area (Å²) in [7, 11) is 1.38. The standard InChI is InChI=1S/C14H13ClN2O5/c1-7-3-13(19)22-10-5-11(9(15)4-8(7)10)21-6-12(18)17-14(20)16-2/h3-5H,6H2,1-2H3,(H2,16,17,18,20). The van der Waals surface area contributed by atoms with Crippen LogP contribution in [0.25, 0.3) is 11.0 Å². The van der Waals surface area contributed by atoms with Gasteiger partial charge in [0.1, 0.15) is 11.3 Å². The van der Waals surface area contributed by atoms with E-state index in [1.807, 2.05) is 5.32 Å². The van der Waals surface area contributed by atoms with Crippen molar-refractivity contribution in [2.45, 2.75) is 6.92 Å². The molecule has 8 heteroatoms. The van der Waals surface area contributed by atoms with Gasteiger partial charge in [0.2, 0.25) is 0 Å². The molecule has 2 N–H and O–H groups in total. The van der Waals surface area contributed by atoms with Gasteiger partial charge in [-0.2, -0.15) is 0 Å². The lowest BCUT2D eigenvalue weighted by molar-refractivity contribution is -0.121. The molecular formula is C14H13ClN2O5. The molecule has 1 aromatic carbocycles. The minimum atomic E-state index is -0.639. The van der Waals surface area contributed by atoms with E-state index in [9.17, 15) is 14.4 Å². The Morgan fingerprint density at radius 2 is 2.05 bits per heavy atom. The summed E-state index contributed by atoms with van der Waals surface area (Å²) < 4.78 is 10.3. The highest BCUT2D eigenvalue weighted by atomic mass is 35.5. The minimum absolute atomic E-state index is 0.176. The summed E-state index contributed by atoms with van der Waals surface area (Å²) in [5, 5.41) is 5.22. The molecule has 1 aromatic heterocycles. The zero-order valence-corrected chi connectivity index (χ0v) is 12.6. The van der Waals surface area contributed by atoms with Crippen molar-refractivity contribution < 1.29 is 18.7 Å². The molecule has 3 amide bonds. The third-order valence-corrected chi connectivity index (χ3v) is 3.14. The van der Waals surface area contributed by atoms with Gasteiger partial charge in [-0.1, -0.05) is 11.6 Å². The molecule has 22 heavy (non-hydrogen) atoms. The zero-order valence-electron chi connectivity index (χ0n) is 11.9. The van der Waals surface area contributed by atoms with Gasteiger partial charge < -0.3 is 14.5 Å². The number of rotatable bonds is 3. The summed E-state index contributed by atoms with van der Waals surface area (Å²) in [6.07, 6.45) is 0. The molecule has 0 aliphatic carbocycles. The molecule has 0 aliphatic heterocycles. The molecule has 0 saturated carbocycles. The fraction of sp³-hybridized carbons (Fsp3) is 0.214. The molecule has 116 valence electrons. The van der Waals surface area contributed by atoms with E-state index >= 15 is 0 Å². The first-order valence-electron chi connectivity index (χ1n) is 6.29. The van der Waals surface area contributed by atoms with E-state index in [0.717, 1.165) is 5.56 Å². The van der Waals surface area contributed by atoms with Gasteiger partial charge >= 0.3 is 11.7 Å². The van der Waals surface area contributed by atoms with Crippen molar-refractivity contribution in [1.29, 1.82) is 0 Å². The maximum atomic E-state index is 11.5. The molecule has 0 aliphatic rings. The second kappa shape index (κ2) is 6.48. The molecule has 0 unspecified atom stereocenters. The number of ether oxygens (including phenoxy) is 1. The number of urea groups is 1. The van der Waals surface area contributed by atoms with Crippen LogP contribution in [0.4, 0.5) is 4.79 Å². The fourth-order valence-corrected chi connectivity index (χ4v) is 2.02. The molecule has 0 saturated heterocycles. The number of fused-ring (bicyclic) bond motifs is 1. The molecule has 0 atom stereocenters. The lowest BCUT2D eigenvalue weighted by atomic mass is 10.1. The molecule has 2 aromatic rings. The Labute approximate surface area is 130 Å². The molecule has 0 radical (unpaired) electrons. The van der Waals surface area contributed by atoms with Crippen molar-refractivity contribution in [3.05, 3.63) is 39.2 Å². The van der Waals surface area contributed by atoms with E-state index in [4.69, 9.17) is 20.8 Å². The van der Waals surface area contributed by atoms with Gasteiger partial charge in [-0.3, -0.25) is 10.1 Å². The molecular weight excluding hydrogens is 312 g/mol. The predicted octanol–water partition coefficient (Wildman–Crippen LogP) is 1.59. The van der Waals surface area contributed by atoms with Crippen LogP contribution in [0.15, 0.2) is 27.4 Å². The molecule has 0 bridgehead atoms. The minimum Gasteiger partial charge on any atom is -0.482 e. The van der Waals surface area contributed by atoms with Crippen LogP contribution in [-0.2, 0) is 4.79 Å². The smallest absolute Gasteiger partial charge is 0.336 e. The quantitative estimate of drug-likeness (QED) is 0.835. The van der Waals surface area contributed by atoms with E-state index in [1.165, 1.54) is 19.2 Å². The maximum absolute atomic E-state index is 11.5. The van der Waals surface area contributed by atoms with Crippen LogP contribution in [0, 0.1) is 6.92 Å². The number of hydrogen-bond acceptors (Lipinski definition) is 5. The number of aryl methyl sites for hydroxylation is 1.